The molecule has 0 N–H and O–H groups in total. The summed E-state index contributed by atoms with van der Waals surface area (Å²) in [5.41, 5.74) is 2.93. The van der Waals surface area contributed by atoms with Crippen molar-refractivity contribution in [3.63, 3.8) is 0 Å². The number of hydrogen-bond acceptors (Lipinski definition) is 4. The zero-order valence-corrected chi connectivity index (χ0v) is 17.3. The van der Waals surface area contributed by atoms with Crippen LogP contribution in [0.25, 0.3) is 22.3 Å². The lowest BCUT2D eigenvalue weighted by Gasteiger charge is -2.19. The molecule has 0 amide bonds. The van der Waals surface area contributed by atoms with Crippen molar-refractivity contribution < 1.29 is 13.9 Å². The fourth-order valence-electron chi connectivity index (χ4n) is 2.91. The third-order valence-electron chi connectivity index (χ3n) is 4.69. The predicted molar refractivity (Wildman–Crippen MR) is 112 cm³/mol. The third kappa shape index (κ3) is 3.86. The van der Waals surface area contributed by atoms with E-state index in [4.69, 9.17) is 9.15 Å². The van der Waals surface area contributed by atoms with E-state index in [-0.39, 0.29) is 28.3 Å². The quantitative estimate of drug-likeness (QED) is 0.555. The standard InChI is InChI=1S/C24H26O4/c1-14(2)23(26)28-22-20(25)18-13-15(3)7-12-19(18)27-21(22)16-8-10-17(11-9-16)24(4,5)6/h7-14H,1-6H3. The first kappa shape index (κ1) is 19.9. The van der Waals surface area contributed by atoms with Gasteiger partial charge < -0.3 is 9.15 Å². The summed E-state index contributed by atoms with van der Waals surface area (Å²) in [6.45, 7) is 11.8. The van der Waals surface area contributed by atoms with Gasteiger partial charge in [-0.3, -0.25) is 9.59 Å². The van der Waals surface area contributed by atoms with Crippen LogP contribution < -0.4 is 10.2 Å². The predicted octanol–water partition coefficient (Wildman–Crippen LogP) is 5.63. The molecule has 28 heavy (non-hydrogen) atoms. The van der Waals surface area contributed by atoms with Crippen LogP contribution in [0, 0.1) is 12.8 Å². The molecule has 3 aromatic rings. The van der Waals surface area contributed by atoms with Crippen LogP contribution in [0.4, 0.5) is 0 Å². The molecule has 0 fully saturated rings. The van der Waals surface area contributed by atoms with Gasteiger partial charge in [0.25, 0.3) is 0 Å². The van der Waals surface area contributed by atoms with Crippen LogP contribution in [-0.4, -0.2) is 5.97 Å². The van der Waals surface area contributed by atoms with Gasteiger partial charge in [-0.05, 0) is 30.0 Å². The molecule has 4 heteroatoms. The lowest BCUT2D eigenvalue weighted by molar-refractivity contribution is -0.137. The molecule has 4 nitrogen and oxygen atoms in total. The van der Waals surface area contributed by atoms with Crippen molar-refractivity contribution in [3.8, 4) is 17.1 Å². The second kappa shape index (κ2) is 7.27. The monoisotopic (exact) mass is 378 g/mol. The molecule has 0 bridgehead atoms. The molecule has 0 radical (unpaired) electrons. The van der Waals surface area contributed by atoms with Crippen LogP contribution >= 0.6 is 0 Å². The summed E-state index contributed by atoms with van der Waals surface area (Å²) >= 11 is 0. The number of aryl methyl sites for hydroxylation is 1. The van der Waals surface area contributed by atoms with E-state index in [0.29, 0.717) is 16.5 Å². The molecule has 0 aliphatic carbocycles. The molecular formula is C24H26O4. The largest absolute Gasteiger partial charge is 0.452 e. The van der Waals surface area contributed by atoms with Gasteiger partial charge in [0.05, 0.1) is 11.3 Å². The zero-order chi connectivity index (χ0) is 20.6. The van der Waals surface area contributed by atoms with Crippen LogP contribution in [0.2, 0.25) is 0 Å². The van der Waals surface area contributed by atoms with E-state index in [1.807, 2.05) is 37.3 Å². The van der Waals surface area contributed by atoms with Crippen LogP contribution in [0.1, 0.15) is 45.7 Å². The fourth-order valence-corrected chi connectivity index (χ4v) is 2.91. The van der Waals surface area contributed by atoms with Crippen molar-refractivity contribution in [3.05, 3.63) is 63.8 Å². The maximum absolute atomic E-state index is 13.1. The van der Waals surface area contributed by atoms with Gasteiger partial charge in [0, 0.05) is 5.56 Å². The van der Waals surface area contributed by atoms with E-state index in [9.17, 15) is 9.59 Å². The van der Waals surface area contributed by atoms with Crippen molar-refractivity contribution in [2.45, 2.75) is 47.0 Å². The Morgan fingerprint density at radius 3 is 2.25 bits per heavy atom. The Bertz CT molecular complexity index is 1080. The Kier molecular flexibility index (Phi) is 5.16. The summed E-state index contributed by atoms with van der Waals surface area (Å²) in [4.78, 5) is 25.4. The zero-order valence-electron chi connectivity index (χ0n) is 17.3. The van der Waals surface area contributed by atoms with Crippen molar-refractivity contribution in [1.29, 1.82) is 0 Å². The highest BCUT2D eigenvalue weighted by molar-refractivity contribution is 5.85. The normalized spacial score (nSPS) is 11.8. The Morgan fingerprint density at radius 2 is 1.68 bits per heavy atom. The minimum atomic E-state index is -0.466. The van der Waals surface area contributed by atoms with Gasteiger partial charge >= 0.3 is 5.97 Å². The highest BCUT2D eigenvalue weighted by Gasteiger charge is 2.22. The smallest absolute Gasteiger partial charge is 0.314 e. The number of esters is 1. The molecule has 0 aliphatic rings. The van der Waals surface area contributed by atoms with Crippen LogP contribution in [-0.2, 0) is 10.2 Å². The van der Waals surface area contributed by atoms with E-state index in [1.54, 1.807) is 26.0 Å². The third-order valence-corrected chi connectivity index (χ3v) is 4.69. The van der Waals surface area contributed by atoms with Crippen LogP contribution in [0.3, 0.4) is 0 Å². The van der Waals surface area contributed by atoms with Gasteiger partial charge in [0.15, 0.2) is 5.76 Å². The first-order chi connectivity index (χ1) is 13.1. The minimum Gasteiger partial charge on any atom is -0.452 e. The number of rotatable bonds is 3. The second-order valence-electron chi connectivity index (χ2n) is 8.49. The minimum absolute atomic E-state index is 0.00716. The Labute approximate surface area is 165 Å². The van der Waals surface area contributed by atoms with Gasteiger partial charge in [-0.2, -0.15) is 0 Å². The van der Waals surface area contributed by atoms with Gasteiger partial charge in [0.1, 0.15) is 5.58 Å². The van der Waals surface area contributed by atoms with Gasteiger partial charge in [0.2, 0.25) is 11.2 Å². The van der Waals surface area contributed by atoms with Crippen LogP contribution in [0.5, 0.6) is 5.75 Å². The molecule has 0 spiro atoms. The molecule has 1 aromatic heterocycles. The van der Waals surface area contributed by atoms with E-state index in [0.717, 1.165) is 11.1 Å². The molecule has 146 valence electrons. The molecule has 2 aromatic carbocycles. The molecule has 3 rings (SSSR count). The molecule has 0 unspecified atom stereocenters. The lowest BCUT2D eigenvalue weighted by Crippen LogP contribution is -2.20. The number of carbonyl (C=O) groups excluding carboxylic acids is 1. The molecular weight excluding hydrogens is 352 g/mol. The second-order valence-corrected chi connectivity index (χ2v) is 8.49. The summed E-state index contributed by atoms with van der Waals surface area (Å²) in [5.74, 6) is -0.605. The van der Waals surface area contributed by atoms with E-state index in [2.05, 4.69) is 20.8 Å². The van der Waals surface area contributed by atoms with Gasteiger partial charge in [-0.15, -0.1) is 0 Å². The lowest BCUT2D eigenvalue weighted by atomic mass is 9.86. The van der Waals surface area contributed by atoms with E-state index >= 15 is 0 Å². The average molecular weight is 378 g/mol. The number of fused-ring (bicyclic) bond motifs is 1. The Hall–Kier alpha value is -2.88. The van der Waals surface area contributed by atoms with Crippen molar-refractivity contribution in [2.24, 2.45) is 5.92 Å². The molecule has 0 aliphatic heterocycles. The van der Waals surface area contributed by atoms with Gasteiger partial charge in [-0.1, -0.05) is 70.5 Å². The summed E-state index contributed by atoms with van der Waals surface area (Å²) in [5, 5.41) is 0.404. The molecule has 1 heterocycles. The van der Waals surface area contributed by atoms with E-state index < -0.39 is 5.97 Å². The summed E-state index contributed by atoms with van der Waals surface area (Å²) < 4.78 is 11.5. The number of carbonyl (C=O) groups is 1. The van der Waals surface area contributed by atoms with Crippen molar-refractivity contribution >= 4 is 16.9 Å². The summed E-state index contributed by atoms with van der Waals surface area (Å²) in [6, 6.07) is 13.2. The maximum Gasteiger partial charge on any atom is 0.314 e. The summed E-state index contributed by atoms with van der Waals surface area (Å²) in [6.07, 6.45) is 0. The van der Waals surface area contributed by atoms with Crippen molar-refractivity contribution in [2.75, 3.05) is 0 Å². The SMILES string of the molecule is Cc1ccc2oc(-c3ccc(C(C)(C)C)cc3)c(OC(=O)C(C)C)c(=O)c2c1. The number of hydrogen-bond donors (Lipinski definition) is 0. The average Bonchev–Trinajstić information content (AvgIpc) is 2.63. The van der Waals surface area contributed by atoms with Crippen LogP contribution in [0.15, 0.2) is 51.7 Å². The number of benzene rings is 2. The Balaban J connectivity index is 2.23. The van der Waals surface area contributed by atoms with Crippen molar-refractivity contribution in [1.82, 2.24) is 0 Å². The Morgan fingerprint density at radius 1 is 1.04 bits per heavy atom. The first-order valence-electron chi connectivity index (χ1n) is 9.48. The van der Waals surface area contributed by atoms with E-state index in [1.165, 1.54) is 0 Å². The highest BCUT2D eigenvalue weighted by atomic mass is 16.5. The molecule has 0 atom stereocenters. The molecule has 0 saturated carbocycles. The topological polar surface area (TPSA) is 56.5 Å². The first-order valence-corrected chi connectivity index (χ1v) is 9.48. The number of ether oxygens (including phenoxy) is 1. The maximum atomic E-state index is 13.1. The highest BCUT2D eigenvalue weighted by Crippen LogP contribution is 2.33. The van der Waals surface area contributed by atoms with Gasteiger partial charge in [-0.25, -0.2) is 0 Å². The fraction of sp³-hybridized carbons (Fsp3) is 0.333. The molecule has 0 saturated heterocycles. The summed E-state index contributed by atoms with van der Waals surface area (Å²) in [7, 11) is 0.